The van der Waals surface area contributed by atoms with Crippen molar-refractivity contribution in [2.24, 2.45) is 0 Å². The zero-order valence-corrected chi connectivity index (χ0v) is 8.85. The van der Waals surface area contributed by atoms with Crippen molar-refractivity contribution in [3.8, 4) is 0 Å². The predicted octanol–water partition coefficient (Wildman–Crippen LogP) is 2.05. The van der Waals surface area contributed by atoms with E-state index in [1.165, 1.54) is 5.56 Å². The Hall–Kier alpha value is -1.99. The molecule has 1 aromatic rings. The van der Waals surface area contributed by atoms with E-state index in [-0.39, 0.29) is 18.2 Å². The van der Waals surface area contributed by atoms with E-state index in [0.29, 0.717) is 0 Å². The summed E-state index contributed by atoms with van der Waals surface area (Å²) in [6, 6.07) is 9.94. The third-order valence-corrected chi connectivity index (χ3v) is 2.52. The number of alkyl carbamates (subject to hydrolysis) is 1. The molecule has 1 saturated heterocycles. The van der Waals surface area contributed by atoms with E-state index >= 15 is 0 Å². The molecule has 1 amide bonds. The van der Waals surface area contributed by atoms with Gasteiger partial charge in [0.15, 0.2) is 0 Å². The van der Waals surface area contributed by atoms with Gasteiger partial charge in [0.1, 0.15) is 6.10 Å². The molecule has 0 aliphatic carbocycles. The monoisotopic (exact) mass is 215 g/mol. The van der Waals surface area contributed by atoms with Gasteiger partial charge in [-0.1, -0.05) is 36.9 Å². The van der Waals surface area contributed by atoms with Gasteiger partial charge in [-0.15, -0.1) is 5.73 Å². The van der Waals surface area contributed by atoms with E-state index in [1.807, 2.05) is 30.3 Å². The van der Waals surface area contributed by atoms with Gasteiger partial charge in [0.25, 0.3) is 0 Å². The van der Waals surface area contributed by atoms with Gasteiger partial charge >= 0.3 is 6.09 Å². The van der Waals surface area contributed by atoms with Crippen molar-refractivity contribution in [3.63, 3.8) is 0 Å². The van der Waals surface area contributed by atoms with E-state index in [1.54, 1.807) is 6.08 Å². The first-order chi connectivity index (χ1) is 7.79. The van der Waals surface area contributed by atoms with Crippen LogP contribution in [0, 0.1) is 0 Å². The zero-order chi connectivity index (χ0) is 11.4. The molecule has 0 spiro atoms. The van der Waals surface area contributed by atoms with Crippen LogP contribution in [0.3, 0.4) is 0 Å². The fourth-order valence-electron chi connectivity index (χ4n) is 1.77. The molecule has 1 heterocycles. The molecule has 16 heavy (non-hydrogen) atoms. The molecule has 1 aromatic carbocycles. The number of rotatable bonds is 3. The van der Waals surface area contributed by atoms with Gasteiger partial charge in [0.05, 0.1) is 6.04 Å². The highest BCUT2D eigenvalue weighted by molar-refractivity contribution is 5.70. The molecule has 2 atom stereocenters. The Morgan fingerprint density at radius 2 is 2.19 bits per heavy atom. The second-order valence-corrected chi connectivity index (χ2v) is 3.68. The highest BCUT2D eigenvalue weighted by Crippen LogP contribution is 2.14. The molecule has 1 N–H and O–H groups in total. The van der Waals surface area contributed by atoms with Crippen molar-refractivity contribution < 1.29 is 9.53 Å². The highest BCUT2D eigenvalue weighted by Gasteiger charge is 2.31. The van der Waals surface area contributed by atoms with E-state index in [2.05, 4.69) is 17.6 Å². The maximum absolute atomic E-state index is 11.1. The fraction of sp³-hybridized carbons (Fsp3) is 0.231. The van der Waals surface area contributed by atoms with Crippen molar-refractivity contribution in [1.29, 1.82) is 0 Å². The molecule has 0 radical (unpaired) electrons. The van der Waals surface area contributed by atoms with Crippen LogP contribution in [-0.2, 0) is 11.2 Å². The van der Waals surface area contributed by atoms with Gasteiger partial charge < -0.3 is 10.1 Å². The number of hydrogen-bond donors (Lipinski definition) is 1. The molecule has 3 heteroatoms. The molecule has 2 rings (SSSR count). The lowest BCUT2D eigenvalue weighted by atomic mass is 10.0. The lowest BCUT2D eigenvalue weighted by molar-refractivity contribution is 0.153. The zero-order valence-electron chi connectivity index (χ0n) is 8.85. The molecule has 3 nitrogen and oxygen atoms in total. The second kappa shape index (κ2) is 4.69. The lowest BCUT2D eigenvalue weighted by Gasteiger charge is -2.12. The number of amides is 1. The van der Waals surface area contributed by atoms with Crippen molar-refractivity contribution in [3.05, 3.63) is 54.3 Å². The molecule has 1 fully saturated rings. The largest absolute Gasteiger partial charge is 0.439 e. The number of cyclic esters (lactones) is 1. The summed E-state index contributed by atoms with van der Waals surface area (Å²) in [5.74, 6) is 0. The molecule has 0 aromatic heterocycles. The predicted molar refractivity (Wildman–Crippen MR) is 61.0 cm³/mol. The van der Waals surface area contributed by atoms with Crippen molar-refractivity contribution in [1.82, 2.24) is 5.32 Å². The topological polar surface area (TPSA) is 38.3 Å². The van der Waals surface area contributed by atoms with E-state index in [0.717, 1.165) is 6.42 Å². The molecule has 1 aliphatic heterocycles. The third-order valence-electron chi connectivity index (χ3n) is 2.52. The van der Waals surface area contributed by atoms with Gasteiger partial charge in [-0.2, -0.15) is 0 Å². The fourth-order valence-corrected chi connectivity index (χ4v) is 1.77. The lowest BCUT2D eigenvalue weighted by Crippen LogP contribution is -2.32. The first kappa shape index (κ1) is 10.5. The minimum Gasteiger partial charge on any atom is -0.439 e. The first-order valence-corrected chi connectivity index (χ1v) is 5.16. The Balaban J connectivity index is 2.09. The van der Waals surface area contributed by atoms with Crippen LogP contribution in [0.5, 0.6) is 0 Å². The van der Waals surface area contributed by atoms with E-state index in [4.69, 9.17) is 4.74 Å². The highest BCUT2D eigenvalue weighted by atomic mass is 16.6. The van der Waals surface area contributed by atoms with Crippen molar-refractivity contribution in [2.45, 2.75) is 18.6 Å². The molecular weight excluding hydrogens is 202 g/mol. The first-order valence-electron chi connectivity index (χ1n) is 5.16. The van der Waals surface area contributed by atoms with Crippen molar-refractivity contribution >= 4 is 6.09 Å². The number of ether oxygens (including phenoxy) is 1. The molecule has 0 saturated carbocycles. The summed E-state index contributed by atoms with van der Waals surface area (Å²) in [7, 11) is 0. The van der Waals surface area contributed by atoms with Crippen LogP contribution >= 0.6 is 0 Å². The maximum atomic E-state index is 11.1. The Morgan fingerprint density at radius 3 is 2.88 bits per heavy atom. The quantitative estimate of drug-likeness (QED) is 0.784. The Labute approximate surface area is 94.4 Å². The van der Waals surface area contributed by atoms with Crippen LogP contribution in [0.1, 0.15) is 5.56 Å². The second-order valence-electron chi connectivity index (χ2n) is 3.68. The van der Waals surface area contributed by atoms with Crippen LogP contribution in [0.4, 0.5) is 4.79 Å². The smallest absolute Gasteiger partial charge is 0.408 e. The Bertz CT molecular complexity index is 421. The number of hydrogen-bond acceptors (Lipinski definition) is 2. The number of carbonyl (C=O) groups excluding carboxylic acids is 1. The summed E-state index contributed by atoms with van der Waals surface area (Å²) in [6.45, 7) is 3.49. The average Bonchev–Trinajstić information content (AvgIpc) is 2.61. The summed E-state index contributed by atoms with van der Waals surface area (Å²) in [4.78, 5) is 11.1. The summed E-state index contributed by atoms with van der Waals surface area (Å²) < 4.78 is 5.08. The Kier molecular flexibility index (Phi) is 3.08. The summed E-state index contributed by atoms with van der Waals surface area (Å²) in [5, 5.41) is 2.78. The molecular formula is C13H13NO2. The molecule has 0 bridgehead atoms. The minimum absolute atomic E-state index is 0.0378. The number of carbonyl (C=O) groups is 1. The number of benzene rings is 1. The molecule has 0 unspecified atom stereocenters. The van der Waals surface area contributed by atoms with E-state index in [9.17, 15) is 4.79 Å². The molecule has 82 valence electrons. The number of nitrogens with one attached hydrogen (secondary N) is 1. The minimum atomic E-state index is -0.377. The van der Waals surface area contributed by atoms with E-state index < -0.39 is 0 Å². The normalized spacial score (nSPS) is 23.1. The van der Waals surface area contributed by atoms with Crippen molar-refractivity contribution in [2.75, 3.05) is 0 Å². The van der Waals surface area contributed by atoms with Crippen LogP contribution in [0.15, 0.2) is 48.7 Å². The van der Waals surface area contributed by atoms with Crippen LogP contribution < -0.4 is 5.32 Å². The van der Waals surface area contributed by atoms with Gasteiger partial charge in [0, 0.05) is 0 Å². The SMILES string of the molecule is C=C=C[C@@H]1OC(=O)N[C@H]1Cc1ccccc1. The van der Waals surface area contributed by atoms with Gasteiger partial charge in [-0.3, -0.25) is 0 Å². The Morgan fingerprint density at radius 1 is 1.44 bits per heavy atom. The average molecular weight is 215 g/mol. The van der Waals surface area contributed by atoms with Crippen LogP contribution in [0.2, 0.25) is 0 Å². The van der Waals surface area contributed by atoms with Gasteiger partial charge in [0.2, 0.25) is 0 Å². The van der Waals surface area contributed by atoms with Crippen LogP contribution in [0.25, 0.3) is 0 Å². The van der Waals surface area contributed by atoms with Gasteiger partial charge in [-0.25, -0.2) is 4.79 Å². The van der Waals surface area contributed by atoms with Crippen LogP contribution in [-0.4, -0.2) is 18.2 Å². The molecule has 1 aliphatic rings. The third kappa shape index (κ3) is 2.33. The van der Waals surface area contributed by atoms with Gasteiger partial charge in [-0.05, 0) is 18.1 Å². The maximum Gasteiger partial charge on any atom is 0.408 e. The summed E-state index contributed by atoms with van der Waals surface area (Å²) in [5.41, 5.74) is 3.82. The summed E-state index contributed by atoms with van der Waals surface area (Å²) in [6.07, 6.45) is 1.77. The summed E-state index contributed by atoms with van der Waals surface area (Å²) >= 11 is 0. The standard InChI is InChI=1S/C13H13NO2/c1-2-6-12-11(14-13(15)16-12)9-10-7-4-3-5-8-10/h3-8,11-12H,1,9H2,(H,14,15)/t11-,12-/m0/s1.